The lowest BCUT2D eigenvalue weighted by molar-refractivity contribution is 0.590. The molecule has 0 N–H and O–H groups in total. The molecule has 0 aliphatic heterocycles. The molecule has 0 bridgehead atoms. The zero-order valence-corrected chi connectivity index (χ0v) is 52.6. The molecule has 87 heavy (non-hydrogen) atoms. The topological polar surface area (TPSA) is 0 Å². The summed E-state index contributed by atoms with van der Waals surface area (Å²) < 4.78 is 0. The van der Waals surface area contributed by atoms with Gasteiger partial charge in [0.1, 0.15) is 0 Å². The van der Waals surface area contributed by atoms with Gasteiger partial charge in [0.2, 0.25) is 0 Å². The largest absolute Gasteiger partial charge is 0.0725 e. The second-order valence-corrected chi connectivity index (χ2v) is 26.0. The van der Waals surface area contributed by atoms with Gasteiger partial charge in [0.25, 0.3) is 0 Å². The molecule has 4 aliphatic carbocycles. The van der Waals surface area contributed by atoms with Gasteiger partial charge in [-0.15, -0.1) is 0 Å². The molecule has 0 fully saturated rings. The fraction of sp³-hybridized carbons (Fsp3) is 0.172. The molecule has 1 spiro atoms. The standard InChI is InChI=1S/C26H18.C26H20.C16H16.C11H16.C8H10/c1-17-14-15-21-20-10-4-7-13-24(20)26(25(21)16-17)22-11-5-2-8-18(22)19-9-3-6-12-23(19)26;1-19-16-17-23-22-14-8-9-15-24(22)26(25(23)18-19,20-10-4-2-5-11-20)21-12-6-3-7-13-21;1-11-8-9-13-12-6-4-5-7-14(12)16(2,3)15(13)10-11;1-9-5-7-10(8-6-9)11(2,3)4;1-7-3-5-8(2)6-4-7/h2-16H,1H3;2-18H,1H3;4-10H,1-3H3;5-8H,1-4H3;3-6H,1-2H3. The summed E-state index contributed by atoms with van der Waals surface area (Å²) in [4.78, 5) is 0. The SMILES string of the molecule is Cc1ccc(C(C)(C)C)cc1.Cc1ccc(C)cc1.Cc1ccc2c(c1)C(C)(C)c1ccccc1-2.Cc1ccc2c(c1)C(c1ccccc1)(c1ccccc1)c1ccccc1-2.Cc1ccc2c(c1)C1(c3ccccc3-c3ccccc31)c1ccccc1-2. The molecular formula is C87H80. The predicted molar refractivity (Wildman–Crippen MR) is 370 cm³/mol. The maximum absolute atomic E-state index is 2.40. The molecule has 0 heteroatoms. The number of hydrogen-bond donors (Lipinski definition) is 0. The summed E-state index contributed by atoms with van der Waals surface area (Å²) >= 11 is 0. The second-order valence-electron chi connectivity index (χ2n) is 26.0. The van der Waals surface area contributed by atoms with E-state index in [-0.39, 0.29) is 21.7 Å². The molecule has 0 heterocycles. The van der Waals surface area contributed by atoms with E-state index in [4.69, 9.17) is 0 Å². The fourth-order valence-corrected chi connectivity index (χ4v) is 14.3. The number of fused-ring (bicyclic) bond motifs is 16. The highest BCUT2D eigenvalue weighted by Crippen LogP contribution is 2.63. The van der Waals surface area contributed by atoms with Crippen molar-refractivity contribution in [2.24, 2.45) is 0 Å². The highest BCUT2D eigenvalue weighted by atomic mass is 14.5. The fourth-order valence-electron chi connectivity index (χ4n) is 14.3. The first-order chi connectivity index (χ1) is 42.0. The van der Waals surface area contributed by atoms with Gasteiger partial charge in [0, 0.05) is 5.41 Å². The van der Waals surface area contributed by atoms with Crippen LogP contribution in [0.25, 0.3) is 44.5 Å². The minimum absolute atomic E-state index is 0.151. The lowest BCUT2D eigenvalue weighted by Crippen LogP contribution is -2.28. The van der Waals surface area contributed by atoms with Crippen LogP contribution < -0.4 is 0 Å². The summed E-state index contributed by atoms with van der Waals surface area (Å²) in [6.07, 6.45) is 0. The monoisotopic (exact) mass is 1120 g/mol. The number of hydrogen-bond acceptors (Lipinski definition) is 0. The highest BCUT2D eigenvalue weighted by molar-refractivity contribution is 5.95. The zero-order valence-electron chi connectivity index (χ0n) is 52.6. The number of rotatable bonds is 2. The first kappa shape index (κ1) is 58.0. The van der Waals surface area contributed by atoms with Gasteiger partial charge < -0.3 is 0 Å². The van der Waals surface area contributed by atoms with Crippen LogP contribution in [0.1, 0.15) is 129 Å². The molecule has 0 amide bonds. The van der Waals surface area contributed by atoms with E-state index in [9.17, 15) is 0 Å². The van der Waals surface area contributed by atoms with Crippen molar-refractivity contribution >= 4 is 0 Å². The van der Waals surface area contributed by atoms with E-state index < -0.39 is 0 Å². The quantitative estimate of drug-likeness (QED) is 0.162. The molecule has 0 saturated heterocycles. The van der Waals surface area contributed by atoms with Crippen molar-refractivity contribution in [1.82, 2.24) is 0 Å². The van der Waals surface area contributed by atoms with E-state index in [1.165, 1.54) is 139 Å². The van der Waals surface area contributed by atoms with E-state index >= 15 is 0 Å². The third kappa shape index (κ3) is 10.4. The van der Waals surface area contributed by atoms with Gasteiger partial charge in [-0.1, -0.05) is 353 Å². The Kier molecular flexibility index (Phi) is 15.7. The van der Waals surface area contributed by atoms with Crippen LogP contribution in [-0.2, 0) is 21.7 Å². The first-order valence-electron chi connectivity index (χ1n) is 31.1. The summed E-state index contributed by atoms with van der Waals surface area (Å²) in [5.41, 5.74) is 34.3. The lowest BCUT2D eigenvalue weighted by atomic mass is 9.67. The minimum Gasteiger partial charge on any atom is -0.0622 e. The van der Waals surface area contributed by atoms with E-state index in [1.807, 2.05) is 0 Å². The zero-order chi connectivity index (χ0) is 60.7. The molecule has 12 aromatic rings. The van der Waals surface area contributed by atoms with Crippen LogP contribution in [0, 0.1) is 41.5 Å². The van der Waals surface area contributed by atoms with Crippen molar-refractivity contribution in [1.29, 1.82) is 0 Å². The lowest BCUT2D eigenvalue weighted by Gasteiger charge is -2.34. The maximum atomic E-state index is 2.40. The van der Waals surface area contributed by atoms with Crippen LogP contribution in [0.4, 0.5) is 0 Å². The van der Waals surface area contributed by atoms with Crippen LogP contribution >= 0.6 is 0 Å². The maximum Gasteiger partial charge on any atom is 0.0725 e. The summed E-state index contributed by atoms with van der Waals surface area (Å²) in [6, 6.07) is 104. The van der Waals surface area contributed by atoms with E-state index in [0.29, 0.717) is 0 Å². The Morgan fingerprint density at radius 1 is 0.218 bits per heavy atom. The summed E-state index contributed by atoms with van der Waals surface area (Å²) in [5.74, 6) is 0. The van der Waals surface area contributed by atoms with Crippen molar-refractivity contribution in [2.75, 3.05) is 0 Å². The third-order valence-corrected chi connectivity index (χ3v) is 18.6. The van der Waals surface area contributed by atoms with Gasteiger partial charge in [0.15, 0.2) is 0 Å². The molecule has 0 unspecified atom stereocenters. The number of aryl methyl sites for hydroxylation is 6. The Morgan fingerprint density at radius 2 is 0.471 bits per heavy atom. The molecule has 0 aromatic heterocycles. The predicted octanol–water partition coefficient (Wildman–Crippen LogP) is 22.6. The Hall–Kier alpha value is -9.36. The van der Waals surface area contributed by atoms with Crippen molar-refractivity contribution in [3.63, 3.8) is 0 Å². The Bertz CT molecular complexity index is 4200. The minimum atomic E-state index is -0.263. The Labute approximate surface area is 519 Å². The van der Waals surface area contributed by atoms with Gasteiger partial charge in [-0.3, -0.25) is 0 Å². The normalized spacial score (nSPS) is 13.7. The molecule has 0 radical (unpaired) electrons. The van der Waals surface area contributed by atoms with Crippen molar-refractivity contribution < 1.29 is 0 Å². The highest BCUT2D eigenvalue weighted by Gasteiger charge is 2.51. The van der Waals surface area contributed by atoms with Crippen molar-refractivity contribution in [3.8, 4) is 44.5 Å². The van der Waals surface area contributed by atoms with E-state index in [2.05, 4.69) is 361 Å². The molecule has 0 nitrogen and oxygen atoms in total. The molecule has 428 valence electrons. The van der Waals surface area contributed by atoms with Gasteiger partial charge in [-0.2, -0.15) is 0 Å². The second kappa shape index (κ2) is 23.5. The van der Waals surface area contributed by atoms with Crippen LogP contribution in [0.5, 0.6) is 0 Å². The van der Waals surface area contributed by atoms with Gasteiger partial charge in [0.05, 0.1) is 10.8 Å². The smallest absolute Gasteiger partial charge is 0.0622 e. The van der Waals surface area contributed by atoms with Gasteiger partial charge in [-0.25, -0.2) is 0 Å². The third-order valence-electron chi connectivity index (χ3n) is 18.6. The summed E-state index contributed by atoms with van der Waals surface area (Å²) in [6.45, 7) is 24.2. The molecule has 0 atom stereocenters. The molecule has 16 rings (SSSR count). The summed E-state index contributed by atoms with van der Waals surface area (Å²) in [7, 11) is 0. The summed E-state index contributed by atoms with van der Waals surface area (Å²) in [5, 5.41) is 0. The van der Waals surface area contributed by atoms with Crippen molar-refractivity contribution in [2.45, 2.75) is 97.8 Å². The Morgan fingerprint density at radius 3 is 0.839 bits per heavy atom. The molecular weight excluding hydrogens is 1040 g/mol. The van der Waals surface area contributed by atoms with E-state index in [1.54, 1.807) is 0 Å². The van der Waals surface area contributed by atoms with Gasteiger partial charge in [-0.05, 0) is 153 Å². The van der Waals surface area contributed by atoms with Crippen LogP contribution in [0.3, 0.4) is 0 Å². The average molecular weight is 1130 g/mol. The van der Waals surface area contributed by atoms with Crippen LogP contribution in [0.15, 0.2) is 285 Å². The first-order valence-corrected chi connectivity index (χ1v) is 31.1. The van der Waals surface area contributed by atoms with Crippen LogP contribution in [-0.4, -0.2) is 0 Å². The van der Waals surface area contributed by atoms with Crippen molar-refractivity contribution in [3.05, 3.63) is 380 Å². The molecule has 4 aliphatic rings. The van der Waals surface area contributed by atoms with E-state index in [0.717, 1.165) is 0 Å². The number of benzene rings is 12. The van der Waals surface area contributed by atoms with Crippen LogP contribution in [0.2, 0.25) is 0 Å². The average Bonchev–Trinajstić information content (AvgIpc) is 1.53. The molecule has 12 aromatic carbocycles. The molecule has 0 saturated carbocycles. The Balaban J connectivity index is 0.000000113. The van der Waals surface area contributed by atoms with Gasteiger partial charge >= 0.3 is 0 Å².